The lowest BCUT2D eigenvalue weighted by Crippen LogP contribution is -2.78. The van der Waals surface area contributed by atoms with Crippen molar-refractivity contribution in [1.29, 1.82) is 0 Å². The molecule has 2 heterocycles. The number of nitrogens with one attached hydrogen (secondary N) is 1. The molecule has 3 heteroatoms. The molecule has 2 fully saturated rings. The Bertz CT molecular complexity index is 307. The summed E-state index contributed by atoms with van der Waals surface area (Å²) in [7, 11) is 0. The summed E-state index contributed by atoms with van der Waals surface area (Å²) in [5, 5.41) is 4.07. The summed E-state index contributed by atoms with van der Waals surface area (Å²) in [6.07, 6.45) is 7.86. The van der Waals surface area contributed by atoms with Crippen molar-refractivity contribution >= 4 is 0 Å². The molecule has 6 unspecified atom stereocenters. The number of rotatable bonds is 8. The highest BCUT2D eigenvalue weighted by atomic mass is 15.3. The fourth-order valence-electron chi connectivity index (χ4n) is 4.74. The van der Waals surface area contributed by atoms with Gasteiger partial charge in [-0.1, -0.05) is 53.4 Å². The molecule has 0 bridgehead atoms. The van der Waals surface area contributed by atoms with Crippen LogP contribution in [0.5, 0.6) is 0 Å². The maximum atomic E-state index is 6.34. The molecular weight excluding hydrogens is 258 g/mol. The molecule has 3 nitrogen and oxygen atoms in total. The molecule has 2 rings (SSSR count). The van der Waals surface area contributed by atoms with Crippen LogP contribution in [0.15, 0.2) is 0 Å². The van der Waals surface area contributed by atoms with Gasteiger partial charge in [0.25, 0.3) is 0 Å². The molecule has 0 radical (unpaired) electrons. The highest BCUT2D eigenvalue weighted by Crippen LogP contribution is 2.34. The third kappa shape index (κ3) is 3.62. The van der Waals surface area contributed by atoms with E-state index in [0.29, 0.717) is 24.2 Å². The molecule has 2 aliphatic heterocycles. The zero-order valence-electron chi connectivity index (χ0n) is 14.6. The Morgan fingerprint density at radius 1 is 1.00 bits per heavy atom. The van der Waals surface area contributed by atoms with Gasteiger partial charge in [-0.3, -0.25) is 4.90 Å². The number of hydrogen-bond donors (Lipinski definition) is 2. The highest BCUT2D eigenvalue weighted by Gasteiger charge is 2.49. The van der Waals surface area contributed by atoms with E-state index in [0.717, 1.165) is 18.4 Å². The Kier molecular flexibility index (Phi) is 6.51. The molecule has 0 aromatic heterocycles. The Morgan fingerprint density at radius 2 is 1.62 bits per heavy atom. The van der Waals surface area contributed by atoms with Crippen LogP contribution in [-0.2, 0) is 0 Å². The van der Waals surface area contributed by atoms with Gasteiger partial charge in [0.2, 0.25) is 0 Å². The van der Waals surface area contributed by atoms with Gasteiger partial charge in [0.05, 0.1) is 0 Å². The number of nitrogens with zero attached hydrogens (tertiary/aromatic N) is 1. The Balaban J connectivity index is 2.08. The summed E-state index contributed by atoms with van der Waals surface area (Å²) in [4.78, 5) is 2.67. The second-order valence-electron chi connectivity index (χ2n) is 7.32. The van der Waals surface area contributed by atoms with Crippen molar-refractivity contribution in [2.24, 2.45) is 17.6 Å². The van der Waals surface area contributed by atoms with Crippen molar-refractivity contribution in [3.8, 4) is 0 Å². The summed E-state index contributed by atoms with van der Waals surface area (Å²) in [5.74, 6) is 1.62. The Morgan fingerprint density at radius 3 is 2.14 bits per heavy atom. The number of piperazine rings is 1. The maximum Gasteiger partial charge on any atom is 0.0417 e. The van der Waals surface area contributed by atoms with E-state index in [9.17, 15) is 0 Å². The van der Waals surface area contributed by atoms with Gasteiger partial charge in [-0.15, -0.1) is 0 Å². The van der Waals surface area contributed by atoms with E-state index in [4.69, 9.17) is 5.73 Å². The highest BCUT2D eigenvalue weighted by molar-refractivity contribution is 5.09. The van der Waals surface area contributed by atoms with Crippen molar-refractivity contribution in [1.82, 2.24) is 10.2 Å². The van der Waals surface area contributed by atoms with Gasteiger partial charge in [-0.05, 0) is 24.7 Å². The summed E-state index contributed by atoms with van der Waals surface area (Å²) < 4.78 is 0. The number of fused-ring (bicyclic) bond motifs is 1. The Labute approximate surface area is 132 Å². The van der Waals surface area contributed by atoms with Crippen LogP contribution in [0.25, 0.3) is 0 Å². The first kappa shape index (κ1) is 17.2. The molecule has 2 aliphatic rings. The van der Waals surface area contributed by atoms with Crippen molar-refractivity contribution in [2.45, 2.75) is 90.4 Å². The van der Waals surface area contributed by atoms with Gasteiger partial charge in [0.15, 0.2) is 0 Å². The van der Waals surface area contributed by atoms with E-state index in [-0.39, 0.29) is 0 Å². The molecule has 0 spiro atoms. The van der Waals surface area contributed by atoms with Crippen LogP contribution in [0.3, 0.4) is 0 Å². The smallest absolute Gasteiger partial charge is 0.0417 e. The molecule has 6 atom stereocenters. The standard InChI is InChI=1S/C18H37N3/c1-5-9-13(7-3)16-12-21-11-15(19)18(21)17(20-16)14(8-4)10-6-2/h13-18,20H,5-12,19H2,1-4H3. The van der Waals surface area contributed by atoms with Crippen LogP contribution < -0.4 is 11.1 Å². The SMILES string of the molecule is CCCC(CC)C1CN2CC(N)C2C(C(CC)CCC)N1. The minimum Gasteiger partial charge on any atom is -0.325 e. The summed E-state index contributed by atoms with van der Waals surface area (Å²) in [5.41, 5.74) is 6.34. The molecule has 21 heavy (non-hydrogen) atoms. The van der Waals surface area contributed by atoms with E-state index >= 15 is 0 Å². The largest absolute Gasteiger partial charge is 0.325 e. The van der Waals surface area contributed by atoms with Gasteiger partial charge in [0, 0.05) is 37.3 Å². The van der Waals surface area contributed by atoms with E-state index in [1.165, 1.54) is 45.1 Å². The molecule has 0 aromatic carbocycles. The lowest BCUT2D eigenvalue weighted by Gasteiger charge is -2.58. The molecule has 3 N–H and O–H groups in total. The number of hydrogen-bond acceptors (Lipinski definition) is 3. The maximum absolute atomic E-state index is 6.34. The lowest BCUT2D eigenvalue weighted by atomic mass is 9.75. The zero-order chi connectivity index (χ0) is 15.4. The molecule has 124 valence electrons. The molecule has 0 aromatic rings. The molecule has 0 amide bonds. The fraction of sp³-hybridized carbons (Fsp3) is 1.00. The van der Waals surface area contributed by atoms with Gasteiger partial charge >= 0.3 is 0 Å². The summed E-state index contributed by atoms with van der Waals surface area (Å²) >= 11 is 0. The monoisotopic (exact) mass is 295 g/mol. The normalized spacial score (nSPS) is 35.9. The second-order valence-corrected chi connectivity index (χ2v) is 7.32. The van der Waals surface area contributed by atoms with Crippen molar-refractivity contribution in [3.63, 3.8) is 0 Å². The Hall–Kier alpha value is -0.120. The van der Waals surface area contributed by atoms with Crippen molar-refractivity contribution in [2.75, 3.05) is 13.1 Å². The molecule has 2 saturated heterocycles. The average Bonchev–Trinajstić information content (AvgIpc) is 2.48. The van der Waals surface area contributed by atoms with Crippen molar-refractivity contribution < 1.29 is 0 Å². The number of nitrogens with two attached hydrogens (primary N) is 1. The predicted octanol–water partition coefficient (Wildman–Crippen LogP) is 2.99. The average molecular weight is 296 g/mol. The van der Waals surface area contributed by atoms with Crippen LogP contribution in [0.2, 0.25) is 0 Å². The third-order valence-corrected chi connectivity index (χ3v) is 5.96. The topological polar surface area (TPSA) is 41.3 Å². The minimum atomic E-state index is 0.389. The molecule has 0 aliphatic carbocycles. The van der Waals surface area contributed by atoms with Gasteiger partial charge < -0.3 is 11.1 Å². The van der Waals surface area contributed by atoms with E-state index in [1.54, 1.807) is 0 Å². The third-order valence-electron chi connectivity index (χ3n) is 5.96. The van der Waals surface area contributed by atoms with Crippen LogP contribution >= 0.6 is 0 Å². The van der Waals surface area contributed by atoms with Gasteiger partial charge in [-0.25, -0.2) is 0 Å². The molecule has 0 saturated carbocycles. The van der Waals surface area contributed by atoms with Gasteiger partial charge in [0.1, 0.15) is 0 Å². The summed E-state index contributed by atoms with van der Waals surface area (Å²) in [6, 6.07) is 2.27. The van der Waals surface area contributed by atoms with Crippen LogP contribution in [0, 0.1) is 11.8 Å². The quantitative estimate of drug-likeness (QED) is 0.723. The van der Waals surface area contributed by atoms with Crippen LogP contribution in [0.4, 0.5) is 0 Å². The first-order chi connectivity index (χ1) is 10.2. The first-order valence-corrected chi connectivity index (χ1v) is 9.41. The fourth-order valence-corrected chi connectivity index (χ4v) is 4.74. The summed E-state index contributed by atoms with van der Waals surface area (Å²) in [6.45, 7) is 11.7. The lowest BCUT2D eigenvalue weighted by molar-refractivity contribution is -0.0401. The van der Waals surface area contributed by atoms with Crippen LogP contribution in [-0.4, -0.2) is 42.2 Å². The van der Waals surface area contributed by atoms with Gasteiger partial charge in [-0.2, -0.15) is 0 Å². The van der Waals surface area contributed by atoms with Crippen LogP contribution in [0.1, 0.15) is 66.2 Å². The first-order valence-electron chi connectivity index (χ1n) is 9.41. The van der Waals surface area contributed by atoms with E-state index in [2.05, 4.69) is 37.9 Å². The van der Waals surface area contributed by atoms with E-state index < -0.39 is 0 Å². The van der Waals surface area contributed by atoms with Crippen molar-refractivity contribution in [3.05, 3.63) is 0 Å². The second kappa shape index (κ2) is 7.94. The predicted molar refractivity (Wildman–Crippen MR) is 91.4 cm³/mol. The molecular formula is C18H37N3. The zero-order valence-corrected chi connectivity index (χ0v) is 14.6. The van der Waals surface area contributed by atoms with E-state index in [1.807, 2.05) is 0 Å². The minimum absolute atomic E-state index is 0.389.